The zero-order chi connectivity index (χ0) is 17.1. The largest absolute Gasteiger partial charge is 0.478 e. The van der Waals surface area contributed by atoms with Gasteiger partial charge in [-0.2, -0.15) is 0 Å². The molecule has 2 rings (SSSR count). The van der Waals surface area contributed by atoms with Crippen LogP contribution in [-0.4, -0.2) is 46.3 Å². The summed E-state index contributed by atoms with van der Waals surface area (Å²) in [7, 11) is 0. The first-order valence-electron chi connectivity index (χ1n) is 8.75. The van der Waals surface area contributed by atoms with E-state index >= 15 is 0 Å². The van der Waals surface area contributed by atoms with E-state index in [-0.39, 0.29) is 6.10 Å². The molecule has 1 fully saturated rings. The third-order valence-electron chi connectivity index (χ3n) is 4.18. The van der Waals surface area contributed by atoms with E-state index in [1.165, 1.54) is 45.2 Å². The van der Waals surface area contributed by atoms with Crippen LogP contribution in [0.1, 0.15) is 62.7 Å². The minimum Gasteiger partial charge on any atom is -0.478 e. The van der Waals surface area contributed by atoms with Crippen LogP contribution >= 0.6 is 0 Å². The average molecular weight is 321 g/mol. The molecule has 0 saturated carbocycles. The second-order valence-corrected chi connectivity index (χ2v) is 6.30. The molecule has 1 saturated heterocycles. The number of hydrogen-bond acceptors (Lipinski definition) is 3. The van der Waals surface area contributed by atoms with Gasteiger partial charge in [0, 0.05) is 6.04 Å². The molecule has 0 radical (unpaired) electrons. The van der Waals surface area contributed by atoms with Gasteiger partial charge in [0.2, 0.25) is 0 Å². The number of hydrogen-bond donors (Lipinski definition) is 2. The van der Waals surface area contributed by atoms with E-state index in [0.29, 0.717) is 11.6 Å². The molecule has 2 N–H and O–H groups in total. The normalized spacial score (nSPS) is 19.5. The molecule has 2 atom stereocenters. The first kappa shape index (κ1) is 19.7. The Hall–Kier alpha value is -1.39. The highest BCUT2D eigenvalue weighted by molar-refractivity contribution is 5.87. The summed E-state index contributed by atoms with van der Waals surface area (Å²) in [5.41, 5.74) is 0.331. The summed E-state index contributed by atoms with van der Waals surface area (Å²) in [5, 5.41) is 17.8. The molecular weight excluding hydrogens is 290 g/mol. The van der Waals surface area contributed by atoms with Gasteiger partial charge in [0.25, 0.3) is 0 Å². The van der Waals surface area contributed by atoms with Crippen molar-refractivity contribution in [2.24, 2.45) is 0 Å². The highest BCUT2D eigenvalue weighted by Gasteiger charge is 2.22. The SMILES string of the molecule is CCCCN1CCCCC1CC(C)O.O=C(O)c1ccccc1. The topological polar surface area (TPSA) is 60.8 Å². The number of carboxylic acids is 1. The van der Waals surface area contributed by atoms with Crippen molar-refractivity contribution in [2.45, 2.75) is 64.5 Å². The molecule has 1 heterocycles. The van der Waals surface area contributed by atoms with Crippen LogP contribution in [-0.2, 0) is 0 Å². The lowest BCUT2D eigenvalue weighted by molar-refractivity contribution is 0.0696. The second kappa shape index (κ2) is 11.2. The van der Waals surface area contributed by atoms with Crippen LogP contribution in [0.3, 0.4) is 0 Å². The average Bonchev–Trinajstić information content (AvgIpc) is 2.55. The van der Waals surface area contributed by atoms with Crippen molar-refractivity contribution < 1.29 is 15.0 Å². The first-order valence-corrected chi connectivity index (χ1v) is 8.75. The van der Waals surface area contributed by atoms with E-state index in [1.54, 1.807) is 30.3 Å². The standard InChI is InChI=1S/C12H25NO.C7H6O2/c1-3-4-8-13-9-6-5-7-12(13)10-11(2)14;8-7(9)6-4-2-1-3-5-6/h11-12,14H,3-10H2,1-2H3;1-5H,(H,8,9). The lowest BCUT2D eigenvalue weighted by Gasteiger charge is -2.36. The number of carboxylic acid groups (broad SMARTS) is 1. The number of carbonyl (C=O) groups is 1. The second-order valence-electron chi connectivity index (χ2n) is 6.30. The molecule has 0 bridgehead atoms. The summed E-state index contributed by atoms with van der Waals surface area (Å²) in [5.74, 6) is -0.879. The summed E-state index contributed by atoms with van der Waals surface area (Å²) in [6.45, 7) is 6.63. The van der Waals surface area contributed by atoms with Crippen LogP contribution in [0.2, 0.25) is 0 Å². The number of aliphatic hydroxyl groups excluding tert-OH is 1. The Labute approximate surface area is 140 Å². The molecule has 0 amide bonds. The van der Waals surface area contributed by atoms with Gasteiger partial charge in [-0.3, -0.25) is 0 Å². The van der Waals surface area contributed by atoms with Crippen molar-refractivity contribution in [3.63, 3.8) is 0 Å². The summed E-state index contributed by atoms with van der Waals surface area (Å²) < 4.78 is 0. The molecular formula is C19H31NO3. The number of rotatable bonds is 6. The summed E-state index contributed by atoms with van der Waals surface area (Å²) >= 11 is 0. The van der Waals surface area contributed by atoms with Crippen molar-refractivity contribution in [3.05, 3.63) is 35.9 Å². The first-order chi connectivity index (χ1) is 11.0. The molecule has 1 aromatic rings. The smallest absolute Gasteiger partial charge is 0.335 e. The number of piperidine rings is 1. The Balaban J connectivity index is 0.000000253. The van der Waals surface area contributed by atoms with Gasteiger partial charge in [-0.25, -0.2) is 4.79 Å². The molecule has 2 unspecified atom stereocenters. The van der Waals surface area contributed by atoms with Crippen molar-refractivity contribution in [1.29, 1.82) is 0 Å². The summed E-state index contributed by atoms with van der Waals surface area (Å²) in [6.07, 6.45) is 7.38. The minimum atomic E-state index is -0.879. The summed E-state index contributed by atoms with van der Waals surface area (Å²) in [4.78, 5) is 12.8. The number of aliphatic hydroxyl groups is 1. The van der Waals surface area contributed by atoms with Crippen LogP contribution in [0.5, 0.6) is 0 Å². The molecule has 0 aromatic heterocycles. The van der Waals surface area contributed by atoms with E-state index < -0.39 is 5.97 Å². The molecule has 1 aliphatic rings. The fourth-order valence-corrected chi connectivity index (χ4v) is 2.96. The quantitative estimate of drug-likeness (QED) is 0.836. The minimum absolute atomic E-state index is 0.137. The van der Waals surface area contributed by atoms with Crippen LogP contribution in [0.15, 0.2) is 30.3 Å². The lowest BCUT2D eigenvalue weighted by atomic mass is 9.97. The molecule has 1 aromatic carbocycles. The lowest BCUT2D eigenvalue weighted by Crippen LogP contribution is -2.41. The maximum Gasteiger partial charge on any atom is 0.335 e. The van der Waals surface area contributed by atoms with Crippen molar-refractivity contribution in [3.8, 4) is 0 Å². The van der Waals surface area contributed by atoms with Gasteiger partial charge >= 0.3 is 5.97 Å². The van der Waals surface area contributed by atoms with Gasteiger partial charge in [-0.1, -0.05) is 38.0 Å². The number of unbranched alkanes of at least 4 members (excludes halogenated alkanes) is 1. The highest BCUT2D eigenvalue weighted by atomic mass is 16.4. The van der Waals surface area contributed by atoms with Crippen molar-refractivity contribution >= 4 is 5.97 Å². The molecule has 4 nitrogen and oxygen atoms in total. The third kappa shape index (κ3) is 8.14. The predicted molar refractivity (Wildman–Crippen MR) is 93.8 cm³/mol. The maximum absolute atomic E-state index is 10.2. The van der Waals surface area contributed by atoms with Crippen LogP contribution in [0.4, 0.5) is 0 Å². The van der Waals surface area contributed by atoms with Crippen molar-refractivity contribution in [2.75, 3.05) is 13.1 Å². The Morgan fingerprint density at radius 1 is 1.30 bits per heavy atom. The van der Waals surface area contributed by atoms with E-state index in [1.807, 2.05) is 6.92 Å². The van der Waals surface area contributed by atoms with Gasteiger partial charge in [-0.15, -0.1) is 0 Å². The van der Waals surface area contributed by atoms with Crippen LogP contribution in [0, 0.1) is 0 Å². The number of aromatic carboxylic acids is 1. The Morgan fingerprint density at radius 3 is 2.52 bits per heavy atom. The highest BCUT2D eigenvalue weighted by Crippen LogP contribution is 2.21. The van der Waals surface area contributed by atoms with E-state index in [2.05, 4.69) is 11.8 Å². The Bertz CT molecular complexity index is 434. The van der Waals surface area contributed by atoms with Gasteiger partial charge in [0.15, 0.2) is 0 Å². The molecule has 0 spiro atoms. The monoisotopic (exact) mass is 321 g/mol. The van der Waals surface area contributed by atoms with Gasteiger partial charge in [0.1, 0.15) is 0 Å². The zero-order valence-corrected chi connectivity index (χ0v) is 14.4. The maximum atomic E-state index is 10.2. The van der Waals surface area contributed by atoms with Gasteiger partial charge in [-0.05, 0) is 57.8 Å². The Kier molecular flexibility index (Phi) is 9.57. The van der Waals surface area contributed by atoms with Crippen molar-refractivity contribution in [1.82, 2.24) is 4.90 Å². The van der Waals surface area contributed by atoms with Crippen LogP contribution < -0.4 is 0 Å². The van der Waals surface area contributed by atoms with E-state index in [9.17, 15) is 9.90 Å². The fourth-order valence-electron chi connectivity index (χ4n) is 2.96. The van der Waals surface area contributed by atoms with Gasteiger partial charge in [0.05, 0.1) is 11.7 Å². The Morgan fingerprint density at radius 2 is 2.00 bits per heavy atom. The molecule has 4 heteroatoms. The number of benzene rings is 1. The summed E-state index contributed by atoms with van der Waals surface area (Å²) in [6, 6.07) is 8.94. The van der Waals surface area contributed by atoms with E-state index in [4.69, 9.17) is 5.11 Å². The number of likely N-dealkylation sites (tertiary alicyclic amines) is 1. The van der Waals surface area contributed by atoms with Crippen LogP contribution in [0.25, 0.3) is 0 Å². The molecule has 1 aliphatic heterocycles. The fraction of sp³-hybridized carbons (Fsp3) is 0.632. The van der Waals surface area contributed by atoms with E-state index in [0.717, 1.165) is 6.42 Å². The third-order valence-corrected chi connectivity index (χ3v) is 4.18. The molecule has 0 aliphatic carbocycles. The zero-order valence-electron chi connectivity index (χ0n) is 14.4. The van der Waals surface area contributed by atoms with Gasteiger partial charge < -0.3 is 15.1 Å². The molecule has 23 heavy (non-hydrogen) atoms. The number of nitrogens with zero attached hydrogens (tertiary/aromatic N) is 1. The molecule has 130 valence electrons. The predicted octanol–water partition coefficient (Wildman–Crippen LogP) is 3.80.